The van der Waals surface area contributed by atoms with Gasteiger partial charge in [-0.05, 0) is 36.8 Å². The molecule has 0 unspecified atom stereocenters. The van der Waals surface area contributed by atoms with Crippen LogP contribution in [-0.2, 0) is 13.0 Å². The van der Waals surface area contributed by atoms with Gasteiger partial charge in [-0.25, -0.2) is 0 Å². The second kappa shape index (κ2) is 3.86. The molecule has 2 nitrogen and oxygen atoms in total. The minimum Gasteiger partial charge on any atom is -0.389 e. The van der Waals surface area contributed by atoms with Gasteiger partial charge in [-0.15, -0.1) is 0 Å². The molecule has 1 N–H and O–H groups in total. The number of fused-ring (bicyclic) bond motifs is 1. The van der Waals surface area contributed by atoms with Crippen molar-refractivity contribution in [3.05, 3.63) is 35.4 Å². The van der Waals surface area contributed by atoms with Crippen LogP contribution in [0.5, 0.6) is 0 Å². The molecule has 1 saturated carbocycles. The van der Waals surface area contributed by atoms with Crippen molar-refractivity contribution in [1.29, 1.82) is 0 Å². The second-order valence-corrected chi connectivity index (χ2v) is 5.31. The molecule has 0 radical (unpaired) electrons. The molecule has 0 aromatic heterocycles. The number of hydrogen-bond donors (Lipinski definition) is 1. The van der Waals surface area contributed by atoms with E-state index in [9.17, 15) is 5.11 Å². The number of benzene rings is 1. The highest BCUT2D eigenvalue weighted by molar-refractivity contribution is 5.29. The van der Waals surface area contributed by atoms with Crippen molar-refractivity contribution >= 4 is 0 Å². The Balaban J connectivity index is 1.68. The topological polar surface area (TPSA) is 23.5 Å². The molecule has 0 amide bonds. The third-order valence-corrected chi connectivity index (χ3v) is 4.01. The van der Waals surface area contributed by atoms with Crippen molar-refractivity contribution < 1.29 is 5.11 Å². The largest absolute Gasteiger partial charge is 0.389 e. The van der Waals surface area contributed by atoms with E-state index in [0.717, 1.165) is 38.9 Å². The summed E-state index contributed by atoms with van der Waals surface area (Å²) in [6.07, 6.45) is 4.31. The van der Waals surface area contributed by atoms with E-state index in [1.54, 1.807) is 0 Å². The van der Waals surface area contributed by atoms with E-state index in [1.807, 2.05) is 0 Å². The van der Waals surface area contributed by atoms with Gasteiger partial charge < -0.3 is 5.11 Å². The van der Waals surface area contributed by atoms with Gasteiger partial charge in [0.15, 0.2) is 0 Å². The lowest BCUT2D eigenvalue weighted by molar-refractivity contribution is -0.0612. The Morgan fingerprint density at radius 3 is 2.62 bits per heavy atom. The normalized spacial score (nSPS) is 23.6. The first-order chi connectivity index (χ1) is 7.75. The molecular formula is C14H19NO. The molecule has 1 heterocycles. The van der Waals surface area contributed by atoms with Crippen LogP contribution in [0.15, 0.2) is 24.3 Å². The lowest BCUT2D eigenvalue weighted by Gasteiger charge is -2.42. The van der Waals surface area contributed by atoms with Crippen LogP contribution < -0.4 is 0 Å². The van der Waals surface area contributed by atoms with E-state index in [4.69, 9.17) is 0 Å². The smallest absolute Gasteiger partial charge is 0.0774 e. The van der Waals surface area contributed by atoms with E-state index in [0.29, 0.717) is 0 Å². The maximum absolute atomic E-state index is 10.2. The van der Waals surface area contributed by atoms with E-state index >= 15 is 0 Å². The molecule has 1 fully saturated rings. The fourth-order valence-electron chi connectivity index (χ4n) is 2.85. The molecule has 1 aliphatic heterocycles. The number of hydrogen-bond acceptors (Lipinski definition) is 2. The van der Waals surface area contributed by atoms with E-state index in [1.165, 1.54) is 17.5 Å². The third kappa shape index (κ3) is 1.87. The average molecular weight is 217 g/mol. The van der Waals surface area contributed by atoms with Gasteiger partial charge in [-0.3, -0.25) is 4.90 Å². The highest BCUT2D eigenvalue weighted by atomic mass is 16.3. The van der Waals surface area contributed by atoms with Crippen LogP contribution in [0.4, 0.5) is 0 Å². The van der Waals surface area contributed by atoms with Crippen molar-refractivity contribution in [3.63, 3.8) is 0 Å². The Morgan fingerprint density at radius 1 is 1.19 bits per heavy atom. The summed E-state index contributed by atoms with van der Waals surface area (Å²) in [5.41, 5.74) is 2.56. The molecule has 2 heteroatoms. The van der Waals surface area contributed by atoms with E-state index in [2.05, 4.69) is 29.2 Å². The first kappa shape index (κ1) is 10.3. The van der Waals surface area contributed by atoms with Crippen molar-refractivity contribution in [2.45, 2.75) is 37.8 Å². The van der Waals surface area contributed by atoms with Crippen LogP contribution in [0.1, 0.15) is 30.4 Å². The minimum absolute atomic E-state index is 0.369. The Kier molecular flexibility index (Phi) is 2.49. The zero-order valence-corrected chi connectivity index (χ0v) is 9.65. The minimum atomic E-state index is -0.369. The zero-order valence-electron chi connectivity index (χ0n) is 9.65. The Hall–Kier alpha value is -0.860. The number of rotatable bonds is 2. The zero-order chi connectivity index (χ0) is 11.0. The lowest BCUT2D eigenvalue weighted by atomic mass is 9.79. The van der Waals surface area contributed by atoms with Crippen molar-refractivity contribution in [3.8, 4) is 0 Å². The lowest BCUT2D eigenvalue weighted by Crippen LogP contribution is -2.49. The predicted molar refractivity (Wildman–Crippen MR) is 64.2 cm³/mol. The monoisotopic (exact) mass is 217 g/mol. The molecule has 0 spiro atoms. The van der Waals surface area contributed by atoms with Crippen LogP contribution in [-0.4, -0.2) is 28.7 Å². The maximum atomic E-state index is 10.2. The van der Waals surface area contributed by atoms with Crippen LogP contribution in [0.3, 0.4) is 0 Å². The average Bonchev–Trinajstić information content (AvgIpc) is 2.27. The van der Waals surface area contributed by atoms with Gasteiger partial charge in [0.25, 0.3) is 0 Å². The quantitative estimate of drug-likeness (QED) is 0.818. The number of nitrogens with zero attached hydrogens (tertiary/aromatic N) is 1. The molecule has 1 aromatic rings. The Labute approximate surface area is 96.9 Å². The standard InChI is InChI=1S/C14H19NO/c16-14(7-3-8-14)11-15-9-6-12-4-1-2-5-13(12)10-15/h1-2,4-5,16H,3,6-11H2. The summed E-state index contributed by atoms with van der Waals surface area (Å²) in [5.74, 6) is 0. The molecule has 3 rings (SSSR count). The van der Waals surface area contributed by atoms with Crippen LogP contribution in [0.25, 0.3) is 0 Å². The molecule has 2 aliphatic rings. The first-order valence-electron chi connectivity index (χ1n) is 6.27. The molecule has 16 heavy (non-hydrogen) atoms. The van der Waals surface area contributed by atoms with E-state index in [-0.39, 0.29) is 5.60 Å². The number of β-amino-alcohol motifs (C(OH)–C–C–N with tert-alkyl or cyclic N) is 1. The summed E-state index contributed by atoms with van der Waals surface area (Å²) in [5, 5.41) is 10.2. The fourth-order valence-corrected chi connectivity index (χ4v) is 2.85. The van der Waals surface area contributed by atoms with Gasteiger partial charge >= 0.3 is 0 Å². The third-order valence-electron chi connectivity index (χ3n) is 4.01. The van der Waals surface area contributed by atoms with Crippen molar-refractivity contribution in [2.75, 3.05) is 13.1 Å². The summed E-state index contributed by atoms with van der Waals surface area (Å²) in [4.78, 5) is 2.40. The summed E-state index contributed by atoms with van der Waals surface area (Å²) < 4.78 is 0. The molecule has 1 aromatic carbocycles. The van der Waals surface area contributed by atoms with Gasteiger partial charge in [-0.2, -0.15) is 0 Å². The predicted octanol–water partition coefficient (Wildman–Crippen LogP) is 1.96. The summed E-state index contributed by atoms with van der Waals surface area (Å²) in [6, 6.07) is 8.67. The van der Waals surface area contributed by atoms with Crippen LogP contribution >= 0.6 is 0 Å². The first-order valence-corrected chi connectivity index (χ1v) is 6.27. The number of aliphatic hydroxyl groups is 1. The second-order valence-electron chi connectivity index (χ2n) is 5.31. The van der Waals surface area contributed by atoms with Gasteiger partial charge in [0.1, 0.15) is 0 Å². The molecular weight excluding hydrogens is 198 g/mol. The molecule has 0 atom stereocenters. The molecule has 1 aliphatic carbocycles. The van der Waals surface area contributed by atoms with Crippen molar-refractivity contribution in [2.24, 2.45) is 0 Å². The highest BCUT2D eigenvalue weighted by Gasteiger charge is 2.36. The van der Waals surface area contributed by atoms with Crippen LogP contribution in [0.2, 0.25) is 0 Å². The molecule has 86 valence electrons. The Morgan fingerprint density at radius 2 is 1.94 bits per heavy atom. The molecule has 0 saturated heterocycles. The van der Waals surface area contributed by atoms with Gasteiger partial charge in [0, 0.05) is 19.6 Å². The van der Waals surface area contributed by atoms with Gasteiger partial charge in [0.05, 0.1) is 5.60 Å². The SMILES string of the molecule is OC1(CN2CCc3ccccc3C2)CCC1. The maximum Gasteiger partial charge on any atom is 0.0774 e. The highest BCUT2D eigenvalue weighted by Crippen LogP contribution is 2.33. The van der Waals surface area contributed by atoms with Crippen molar-refractivity contribution in [1.82, 2.24) is 4.90 Å². The van der Waals surface area contributed by atoms with Gasteiger partial charge in [0.2, 0.25) is 0 Å². The fraction of sp³-hybridized carbons (Fsp3) is 0.571. The summed E-state index contributed by atoms with van der Waals surface area (Å²) in [6.45, 7) is 2.97. The summed E-state index contributed by atoms with van der Waals surface area (Å²) >= 11 is 0. The summed E-state index contributed by atoms with van der Waals surface area (Å²) in [7, 11) is 0. The van der Waals surface area contributed by atoms with Gasteiger partial charge in [-0.1, -0.05) is 24.3 Å². The Bertz CT molecular complexity index is 384. The van der Waals surface area contributed by atoms with E-state index < -0.39 is 0 Å². The van der Waals surface area contributed by atoms with Crippen LogP contribution in [0, 0.1) is 0 Å². The molecule has 0 bridgehead atoms.